The summed E-state index contributed by atoms with van der Waals surface area (Å²) >= 11 is 6.25. The zero-order chi connectivity index (χ0) is 94.4. The molecule has 5 fully saturated rings. The van der Waals surface area contributed by atoms with Crippen molar-refractivity contribution in [3.63, 3.8) is 0 Å². The van der Waals surface area contributed by atoms with Gasteiger partial charge >= 0.3 is 24.4 Å². The van der Waals surface area contributed by atoms with Crippen LogP contribution < -0.4 is 75.8 Å². The molecule has 704 valence electrons. The number of benzene rings is 2. The molecule has 15 heterocycles. The number of aromatic nitrogens is 6. The molecule has 8 amide bonds. The first kappa shape index (κ1) is 92.9. The number of nitrogens with one attached hydrogen (secondary N) is 7. The average Bonchev–Trinajstić information content (AvgIpc) is 1.62. The minimum absolute atomic E-state index is 0.0288. The van der Waals surface area contributed by atoms with Crippen LogP contribution in [0.4, 0.5) is 65.7 Å². The number of cyclic esters (lactones) is 3. The Balaban J connectivity index is 0.000000124. The van der Waals surface area contributed by atoms with Gasteiger partial charge in [-0.05, 0) is 247 Å². The van der Waals surface area contributed by atoms with E-state index in [-0.39, 0.29) is 85.9 Å². The lowest BCUT2D eigenvalue weighted by molar-refractivity contribution is -0.123. The summed E-state index contributed by atoms with van der Waals surface area (Å²) in [6.45, 7) is 17.1. The SMILES string of the molecule is CC(C)(CC1CN(c2ccc3c(n2)NC(=O)CO3)C(=O)O1)NCC1Cc2cccc(C#N)c2C1.CC(C)(CC1CN(c2ccc3c(n2)NC(=O)CO3)C(=O)O1)NCC1Cc2ccnc(Cl)c2C1.Cc1ccnc2c1CC(NCCCC1CN(c3ccc4c(n3)NC(=O)CO4)C(=O)O1)C2.N#Cc1cccc2c1CC(CN1CCC3(CC1)CN(c1ccc4c(n1)NC(=O)CO4)C(=O)O3)C2.O=CO. The van der Waals surface area contributed by atoms with Crippen LogP contribution in [0.25, 0.3) is 0 Å². The van der Waals surface area contributed by atoms with Crippen molar-refractivity contribution in [1.82, 2.24) is 50.8 Å². The number of anilines is 8. The van der Waals surface area contributed by atoms with Crippen LogP contribution in [0.3, 0.4) is 0 Å². The van der Waals surface area contributed by atoms with Crippen LogP contribution in [0.2, 0.25) is 5.15 Å². The molecule has 7 unspecified atom stereocenters. The number of aryl methyl sites for hydroxylation is 1. The average molecular weight is 1860 g/mol. The number of amides is 8. The summed E-state index contributed by atoms with van der Waals surface area (Å²) in [6, 6.07) is 34.8. The fourth-order valence-corrected chi connectivity index (χ4v) is 20.0. The van der Waals surface area contributed by atoms with Gasteiger partial charge in [-0.25, -0.2) is 44.1 Å². The van der Waals surface area contributed by atoms with Crippen LogP contribution in [0.15, 0.2) is 109 Å². The van der Waals surface area contributed by atoms with Crippen LogP contribution in [0, 0.1) is 47.3 Å². The lowest BCUT2D eigenvalue weighted by Gasteiger charge is -2.38. The lowest BCUT2D eigenvalue weighted by atomic mass is 9.90. The maximum Gasteiger partial charge on any atom is 0.416 e. The Bertz CT molecular complexity index is 6020. The van der Waals surface area contributed by atoms with E-state index < -0.39 is 30.0 Å². The Morgan fingerprint density at radius 2 is 0.933 bits per heavy atom. The number of hydrogen-bond donors (Lipinski definition) is 8. The van der Waals surface area contributed by atoms with Gasteiger partial charge in [0.2, 0.25) is 0 Å². The van der Waals surface area contributed by atoms with Crippen molar-refractivity contribution in [1.29, 1.82) is 10.5 Å². The summed E-state index contributed by atoms with van der Waals surface area (Å²) in [7, 11) is 0. The Labute approximate surface area is 783 Å². The molecule has 39 heteroatoms. The second kappa shape index (κ2) is 40.1. The molecule has 4 aliphatic carbocycles. The molecular weight excluding hydrogens is 1760 g/mol. The second-order valence-electron chi connectivity index (χ2n) is 37.2. The van der Waals surface area contributed by atoms with E-state index in [9.17, 15) is 48.9 Å². The number of ether oxygens (including phenoxy) is 8. The third-order valence-corrected chi connectivity index (χ3v) is 26.7. The van der Waals surface area contributed by atoms with Gasteiger partial charge in [0.25, 0.3) is 30.1 Å². The van der Waals surface area contributed by atoms with Gasteiger partial charge in [0, 0.05) is 86.9 Å². The van der Waals surface area contributed by atoms with E-state index in [4.69, 9.17) is 59.4 Å². The molecular formula is C96H105ClN20O18. The van der Waals surface area contributed by atoms with Crippen molar-refractivity contribution in [3.05, 3.63) is 176 Å². The molecule has 38 nitrogen and oxygen atoms in total. The van der Waals surface area contributed by atoms with Crippen LogP contribution in [0.1, 0.15) is 128 Å². The fraction of sp³-hybridized carbons (Fsp3) is 0.448. The number of piperidine rings is 1. The van der Waals surface area contributed by atoms with Gasteiger partial charge in [-0.15, -0.1) is 0 Å². The zero-order valence-electron chi connectivity index (χ0n) is 75.4. The predicted molar refractivity (Wildman–Crippen MR) is 492 cm³/mol. The highest BCUT2D eigenvalue weighted by atomic mass is 35.5. The van der Waals surface area contributed by atoms with E-state index in [1.165, 1.54) is 59.3 Å². The van der Waals surface area contributed by atoms with Gasteiger partial charge in [0.1, 0.15) is 52.3 Å². The third kappa shape index (κ3) is 21.8. The highest BCUT2D eigenvalue weighted by Crippen LogP contribution is 2.42. The van der Waals surface area contributed by atoms with Crippen LogP contribution >= 0.6 is 11.6 Å². The van der Waals surface area contributed by atoms with Crippen LogP contribution in [-0.2, 0) is 94.3 Å². The molecule has 13 aliphatic rings. The van der Waals surface area contributed by atoms with E-state index in [0.29, 0.717) is 138 Å². The van der Waals surface area contributed by atoms with E-state index in [2.05, 4.69) is 137 Å². The number of hydrogen-bond acceptors (Lipinski definition) is 29. The molecule has 2 aromatic carbocycles. The van der Waals surface area contributed by atoms with Crippen molar-refractivity contribution >= 4 is 113 Å². The predicted octanol–water partition coefficient (Wildman–Crippen LogP) is 9.91. The first-order valence-electron chi connectivity index (χ1n) is 45.4. The fourth-order valence-electron chi connectivity index (χ4n) is 19.7. The Kier molecular flexibility index (Phi) is 27.6. The summed E-state index contributed by atoms with van der Waals surface area (Å²) in [5.41, 5.74) is 11.9. The van der Waals surface area contributed by atoms with Gasteiger partial charge in [-0.1, -0.05) is 35.9 Å². The molecule has 9 aliphatic heterocycles. The van der Waals surface area contributed by atoms with Gasteiger partial charge in [-0.2, -0.15) is 10.5 Å². The topological polar surface area (TPSA) is 473 Å². The minimum atomic E-state index is -0.516. The Morgan fingerprint density at radius 3 is 1.39 bits per heavy atom. The number of rotatable bonds is 21. The molecule has 5 saturated heterocycles. The van der Waals surface area contributed by atoms with Crippen molar-refractivity contribution in [3.8, 4) is 35.1 Å². The first-order valence-corrected chi connectivity index (χ1v) is 45.8. The standard InChI is InChI=1S/C25H25N5O4.C25H27N5O4.C23H26ClN5O4.C22H25N5O4.CH2O2/c26-12-18-3-1-2-17-10-16(11-19(17)18)13-29-8-6-25(7-9-29)15-30(24(32)34-25)21-5-4-20-23(27-21)28-22(31)14-33-20;1-25(2,27-12-15-8-16-4-3-5-17(11-26)19(16)9-15)10-18-13-30(24(32)34-18)21-7-6-20-23(28-21)29-22(31)14-33-20;1-23(2,26-10-13-7-14-5-6-25-20(24)16(14)8-13)9-15-11-29(22(31)33-15)18-4-3-17-21(27-18)28-19(30)12-32-17;1-13-6-8-24-17-10-14(9-16(13)17)23-7-2-3-15-11-27(22(29)31-15)19-5-4-18-21(25-19)26-20(28)12-30-18;2-1-3/h1-5,16H,6-11,13-15H2,(H,27,28,31);3-7,15,18,27H,8-10,12-14H2,1-2H3,(H,28,29,31);3-6,13,15,26H,7-12H2,1-2H3,(H,27,28,30);4-6,8,14-15,23H,2-3,7,9-12H2,1H3,(H,25,26,28);1H,(H,2,3). The largest absolute Gasteiger partial charge is 0.483 e. The smallest absolute Gasteiger partial charge is 0.416 e. The number of carbonyl (C=O) groups excluding carboxylic acids is 8. The van der Waals surface area contributed by atoms with Crippen molar-refractivity contribution < 1.29 is 86.2 Å². The molecule has 8 aromatic rings. The maximum atomic E-state index is 12.7. The minimum Gasteiger partial charge on any atom is -0.483 e. The summed E-state index contributed by atoms with van der Waals surface area (Å²) in [5, 5.41) is 47.8. The number of nitriles is 2. The molecule has 8 N–H and O–H groups in total. The molecule has 6 aromatic heterocycles. The quantitative estimate of drug-likeness (QED) is 0.0143. The van der Waals surface area contributed by atoms with E-state index in [1.54, 1.807) is 59.6 Å². The van der Waals surface area contributed by atoms with Gasteiger partial charge in [0.15, 0.2) is 72.7 Å². The van der Waals surface area contributed by atoms with Crippen LogP contribution in [-0.4, -0.2) is 227 Å². The van der Waals surface area contributed by atoms with Crippen molar-refractivity contribution in [2.45, 2.75) is 166 Å². The van der Waals surface area contributed by atoms with Crippen molar-refractivity contribution in [2.75, 3.05) is 133 Å². The molecule has 0 bridgehead atoms. The van der Waals surface area contributed by atoms with E-state index in [0.717, 1.165) is 133 Å². The number of halogens is 1. The van der Waals surface area contributed by atoms with Crippen LogP contribution in [0.5, 0.6) is 23.0 Å². The normalized spacial score (nSPS) is 21.6. The number of carboxylic acid groups (broad SMARTS) is 1. The summed E-state index contributed by atoms with van der Waals surface area (Å²) in [5.74, 6) is 5.31. The van der Waals surface area contributed by atoms with E-state index in [1.807, 2.05) is 36.5 Å². The van der Waals surface area contributed by atoms with Gasteiger partial charge in [0.05, 0.1) is 49.4 Å². The Morgan fingerprint density at radius 1 is 0.511 bits per heavy atom. The number of nitrogens with zero attached hydrogens (tertiary/aromatic N) is 13. The first-order chi connectivity index (χ1) is 65.1. The Hall–Kier alpha value is -13.9. The monoisotopic (exact) mass is 1860 g/mol. The summed E-state index contributed by atoms with van der Waals surface area (Å²) in [4.78, 5) is 140. The molecule has 7 atom stereocenters. The van der Waals surface area contributed by atoms with Gasteiger partial charge in [-0.3, -0.25) is 48.6 Å². The number of pyridine rings is 6. The maximum absolute atomic E-state index is 12.7. The third-order valence-electron chi connectivity index (χ3n) is 26.3. The molecule has 0 saturated carbocycles. The second-order valence-corrected chi connectivity index (χ2v) is 37.5. The molecule has 1 spiro atoms. The zero-order valence-corrected chi connectivity index (χ0v) is 76.1. The molecule has 0 radical (unpaired) electrons. The van der Waals surface area contributed by atoms with E-state index >= 15 is 0 Å². The number of fused-ring (bicyclic) bond motifs is 8. The lowest BCUT2D eigenvalue weighted by Crippen LogP contribution is -2.48. The van der Waals surface area contributed by atoms with Gasteiger partial charge < -0.3 is 85.1 Å². The van der Waals surface area contributed by atoms with Crippen molar-refractivity contribution in [2.24, 2.45) is 17.8 Å². The summed E-state index contributed by atoms with van der Waals surface area (Å²) < 4.78 is 44.0. The number of carbonyl (C=O) groups is 9. The highest BCUT2D eigenvalue weighted by molar-refractivity contribution is 6.30. The summed E-state index contributed by atoms with van der Waals surface area (Å²) in [6.07, 6.45) is 13.4. The molecule has 135 heavy (non-hydrogen) atoms. The molecule has 21 rings (SSSR count). The highest BCUT2D eigenvalue weighted by Gasteiger charge is 2.49. The number of likely N-dealkylation sites (tertiary alicyclic amines) is 1.